The summed E-state index contributed by atoms with van der Waals surface area (Å²) in [5.41, 5.74) is 0.724. The molecule has 2 N–H and O–H groups in total. The number of sulfonamides is 2. The summed E-state index contributed by atoms with van der Waals surface area (Å²) in [5.74, 6) is -1.38. The summed E-state index contributed by atoms with van der Waals surface area (Å²) < 4.78 is 64.4. The Morgan fingerprint density at radius 3 is 2.18 bits per heavy atom. The van der Waals surface area contributed by atoms with Crippen LogP contribution in [0.5, 0.6) is 0 Å². The maximum absolute atomic E-state index is 12.7. The van der Waals surface area contributed by atoms with Gasteiger partial charge < -0.3 is 14.8 Å². The van der Waals surface area contributed by atoms with Crippen LogP contribution in [-0.4, -0.2) is 65.4 Å². The van der Waals surface area contributed by atoms with E-state index in [1.807, 2.05) is 0 Å². The molecule has 3 aromatic rings. The molecule has 1 saturated heterocycles. The summed E-state index contributed by atoms with van der Waals surface area (Å²) >= 11 is 1.08. The van der Waals surface area contributed by atoms with Crippen LogP contribution in [0.3, 0.4) is 0 Å². The topological polar surface area (TPSA) is 148 Å². The van der Waals surface area contributed by atoms with Gasteiger partial charge in [0, 0.05) is 24.5 Å². The number of amides is 1. The van der Waals surface area contributed by atoms with E-state index in [-0.39, 0.29) is 33.4 Å². The summed E-state index contributed by atoms with van der Waals surface area (Å²) in [7, 11) is -7.38. The van der Waals surface area contributed by atoms with Crippen LogP contribution in [0.2, 0.25) is 0 Å². The maximum atomic E-state index is 12.7. The average Bonchev–Trinajstić information content (AvgIpc) is 3.46. The lowest BCUT2D eigenvalue weighted by Gasteiger charge is -2.26. The van der Waals surface area contributed by atoms with Gasteiger partial charge in [0.05, 0.1) is 23.7 Å². The second kappa shape index (κ2) is 11.6. The second-order valence-electron chi connectivity index (χ2n) is 8.19. The number of carbonyl (C=O) groups is 2. The van der Waals surface area contributed by atoms with E-state index in [4.69, 9.17) is 9.47 Å². The Morgan fingerprint density at radius 2 is 1.58 bits per heavy atom. The number of nitrogens with zero attached hydrogens (tertiary/aromatic N) is 1. The van der Waals surface area contributed by atoms with Crippen molar-refractivity contribution in [3.05, 3.63) is 71.6 Å². The molecule has 0 saturated carbocycles. The van der Waals surface area contributed by atoms with E-state index >= 15 is 0 Å². The molecule has 0 bridgehead atoms. The minimum Gasteiger partial charge on any atom is -0.449 e. The van der Waals surface area contributed by atoms with Gasteiger partial charge in [0.15, 0.2) is 6.10 Å². The first-order chi connectivity index (χ1) is 18.1. The fourth-order valence-corrected chi connectivity index (χ4v) is 6.93. The Morgan fingerprint density at radius 1 is 0.947 bits per heavy atom. The molecule has 1 aliphatic heterocycles. The highest BCUT2D eigenvalue weighted by atomic mass is 32.2. The molecule has 4 rings (SSSR count). The molecule has 2 aromatic carbocycles. The largest absolute Gasteiger partial charge is 0.449 e. The van der Waals surface area contributed by atoms with Crippen molar-refractivity contribution in [3.8, 4) is 0 Å². The van der Waals surface area contributed by atoms with Gasteiger partial charge in [-0.25, -0.2) is 21.6 Å². The quantitative estimate of drug-likeness (QED) is 0.368. The first-order valence-corrected chi connectivity index (χ1v) is 15.2. The number of hydrogen-bond acceptors (Lipinski definition) is 9. The van der Waals surface area contributed by atoms with Gasteiger partial charge in [-0.3, -0.25) is 9.52 Å². The molecular formula is C24H25N3O8S3. The number of rotatable bonds is 9. The van der Waals surface area contributed by atoms with E-state index in [1.165, 1.54) is 65.8 Å². The predicted molar refractivity (Wildman–Crippen MR) is 141 cm³/mol. The number of esters is 1. The molecule has 1 aliphatic rings. The highest BCUT2D eigenvalue weighted by molar-refractivity contribution is 7.94. The molecule has 0 spiro atoms. The Kier molecular flexibility index (Phi) is 8.47. The van der Waals surface area contributed by atoms with Crippen LogP contribution in [0.4, 0.5) is 11.4 Å². The van der Waals surface area contributed by atoms with E-state index in [2.05, 4.69) is 10.0 Å². The van der Waals surface area contributed by atoms with Crippen molar-refractivity contribution >= 4 is 54.6 Å². The van der Waals surface area contributed by atoms with Gasteiger partial charge in [-0.1, -0.05) is 6.07 Å². The zero-order chi connectivity index (χ0) is 27.3. The van der Waals surface area contributed by atoms with Gasteiger partial charge in [-0.2, -0.15) is 4.31 Å². The summed E-state index contributed by atoms with van der Waals surface area (Å²) in [6, 6.07) is 14.4. The van der Waals surface area contributed by atoms with Gasteiger partial charge in [0.1, 0.15) is 4.21 Å². The maximum Gasteiger partial charge on any atom is 0.338 e. The SMILES string of the molecule is C[C@H](OC(=O)c1ccc(NS(=O)(=O)c2cccs2)cc1)C(=O)Nc1ccc(S(=O)(=O)N2CCOCC2)cc1. The van der Waals surface area contributed by atoms with E-state index in [9.17, 15) is 26.4 Å². The minimum absolute atomic E-state index is 0.0954. The minimum atomic E-state index is -3.72. The summed E-state index contributed by atoms with van der Waals surface area (Å²) in [4.78, 5) is 25.1. The van der Waals surface area contributed by atoms with Crippen molar-refractivity contribution in [1.82, 2.24) is 4.31 Å². The lowest BCUT2D eigenvalue weighted by Crippen LogP contribution is -2.40. The first-order valence-electron chi connectivity index (χ1n) is 11.4. The standard InChI is InChI=1S/C24H25N3O8S3/c1-17(23(28)25-19-8-10-21(11-9-19)38(32,33)27-12-14-34-15-13-27)35-24(29)18-4-6-20(7-5-18)26-37(30,31)22-3-2-16-36-22/h2-11,16-17,26H,12-15H2,1H3,(H,25,28)/t17-/m0/s1. The molecular weight excluding hydrogens is 554 g/mol. The Balaban J connectivity index is 1.32. The molecule has 1 atom stereocenters. The van der Waals surface area contributed by atoms with E-state index in [0.717, 1.165) is 11.3 Å². The van der Waals surface area contributed by atoms with Crippen LogP contribution in [-0.2, 0) is 34.3 Å². The third kappa shape index (κ3) is 6.57. The number of morpholine rings is 1. The number of benzene rings is 2. The monoisotopic (exact) mass is 579 g/mol. The third-order valence-electron chi connectivity index (χ3n) is 5.52. The zero-order valence-corrected chi connectivity index (χ0v) is 22.6. The predicted octanol–water partition coefficient (Wildman–Crippen LogP) is 2.75. The van der Waals surface area contributed by atoms with Crippen LogP contribution in [0.25, 0.3) is 0 Å². The third-order valence-corrected chi connectivity index (χ3v) is 10.2. The highest BCUT2D eigenvalue weighted by Gasteiger charge is 2.26. The molecule has 0 aliphatic carbocycles. The molecule has 1 amide bonds. The van der Waals surface area contributed by atoms with Crippen molar-refractivity contribution in [2.24, 2.45) is 0 Å². The van der Waals surface area contributed by atoms with Crippen LogP contribution in [0, 0.1) is 0 Å². The molecule has 11 nitrogen and oxygen atoms in total. The van der Waals surface area contributed by atoms with E-state index < -0.39 is 38.0 Å². The normalized spacial score (nSPS) is 15.4. The van der Waals surface area contributed by atoms with Gasteiger partial charge in [-0.15, -0.1) is 11.3 Å². The molecule has 1 aromatic heterocycles. The molecule has 1 fully saturated rings. The molecule has 0 radical (unpaired) electrons. The number of carbonyl (C=O) groups excluding carboxylic acids is 2. The van der Waals surface area contributed by atoms with Crippen molar-refractivity contribution in [3.63, 3.8) is 0 Å². The molecule has 14 heteroatoms. The number of hydrogen-bond donors (Lipinski definition) is 2. The Hall–Kier alpha value is -3.30. The van der Waals surface area contributed by atoms with Crippen LogP contribution in [0.1, 0.15) is 17.3 Å². The van der Waals surface area contributed by atoms with Gasteiger partial charge in [0.2, 0.25) is 10.0 Å². The first kappa shape index (κ1) is 27.7. The van der Waals surface area contributed by atoms with Crippen molar-refractivity contribution in [1.29, 1.82) is 0 Å². The zero-order valence-electron chi connectivity index (χ0n) is 20.2. The molecule has 2 heterocycles. The Labute approximate surface area is 224 Å². The van der Waals surface area contributed by atoms with Gasteiger partial charge in [-0.05, 0) is 66.9 Å². The lowest BCUT2D eigenvalue weighted by molar-refractivity contribution is -0.123. The fourth-order valence-electron chi connectivity index (χ4n) is 3.47. The lowest BCUT2D eigenvalue weighted by atomic mass is 10.2. The summed E-state index contributed by atoms with van der Waals surface area (Å²) in [5, 5.41) is 4.23. The van der Waals surface area contributed by atoms with Crippen LogP contribution in [0.15, 0.2) is 75.1 Å². The second-order valence-corrected chi connectivity index (χ2v) is 13.0. The van der Waals surface area contributed by atoms with Gasteiger partial charge >= 0.3 is 5.97 Å². The van der Waals surface area contributed by atoms with Crippen molar-refractivity contribution in [2.45, 2.75) is 22.1 Å². The number of anilines is 2. The smallest absolute Gasteiger partial charge is 0.338 e. The number of nitrogens with one attached hydrogen (secondary N) is 2. The molecule has 202 valence electrons. The van der Waals surface area contributed by atoms with Crippen molar-refractivity contribution in [2.75, 3.05) is 36.3 Å². The van der Waals surface area contributed by atoms with Crippen molar-refractivity contribution < 1.29 is 35.9 Å². The van der Waals surface area contributed by atoms with E-state index in [1.54, 1.807) is 11.4 Å². The van der Waals surface area contributed by atoms with Crippen LogP contribution >= 0.6 is 11.3 Å². The highest BCUT2D eigenvalue weighted by Crippen LogP contribution is 2.22. The van der Waals surface area contributed by atoms with E-state index in [0.29, 0.717) is 18.9 Å². The fraction of sp³-hybridized carbons (Fsp3) is 0.250. The average molecular weight is 580 g/mol. The number of thiophene rings is 1. The Bertz CT molecular complexity index is 1480. The summed E-state index contributed by atoms with van der Waals surface area (Å²) in [6.07, 6.45) is -1.16. The summed E-state index contributed by atoms with van der Waals surface area (Å²) in [6.45, 7) is 2.62. The van der Waals surface area contributed by atoms with Gasteiger partial charge in [0.25, 0.3) is 15.9 Å². The molecule has 0 unspecified atom stereocenters. The molecule has 38 heavy (non-hydrogen) atoms. The van der Waals surface area contributed by atoms with Crippen LogP contribution < -0.4 is 10.0 Å². The number of ether oxygens (including phenoxy) is 2.